The normalized spacial score (nSPS) is 10.9. The number of methoxy groups -OCH3 is 3. The zero-order valence-corrected chi connectivity index (χ0v) is 25.6. The summed E-state index contributed by atoms with van der Waals surface area (Å²) in [5, 5.41) is 0. The molecule has 0 aliphatic rings. The second-order valence-electron chi connectivity index (χ2n) is 9.80. The third-order valence-corrected chi connectivity index (χ3v) is 7.70. The van der Waals surface area contributed by atoms with Crippen LogP contribution in [0.1, 0.15) is 71.4 Å². The van der Waals surface area contributed by atoms with Crippen molar-refractivity contribution in [3.63, 3.8) is 0 Å². The van der Waals surface area contributed by atoms with Crippen LogP contribution in [0.4, 0.5) is 0 Å². The van der Waals surface area contributed by atoms with Gasteiger partial charge in [0.15, 0.2) is 0 Å². The fourth-order valence-electron chi connectivity index (χ4n) is 4.33. The van der Waals surface area contributed by atoms with E-state index in [1.165, 1.54) is 51.5 Å². The predicted octanol–water partition coefficient (Wildman–Crippen LogP) is 7.46. The van der Waals surface area contributed by atoms with Gasteiger partial charge in [-0.3, -0.25) is 0 Å². The molecule has 42 heavy (non-hydrogen) atoms. The van der Waals surface area contributed by atoms with Gasteiger partial charge in [-0.1, -0.05) is 49.9 Å². The molecule has 0 amide bonds. The molecule has 0 aliphatic carbocycles. The quantitative estimate of drug-likeness (QED) is 0.0856. The Bertz CT molecular complexity index is 1290. The molecule has 1 heterocycles. The third kappa shape index (κ3) is 11.6. The van der Waals surface area contributed by atoms with Crippen LogP contribution in [0.5, 0.6) is 11.5 Å². The molecule has 1 aromatic heterocycles. The smallest absolute Gasteiger partial charge is 0.337 e. The van der Waals surface area contributed by atoms with Crippen molar-refractivity contribution in [1.82, 2.24) is 4.98 Å². The second kappa shape index (κ2) is 18.6. The molecule has 0 saturated heterocycles. The Morgan fingerprint density at radius 2 is 1.57 bits per heavy atom. The van der Waals surface area contributed by atoms with E-state index in [9.17, 15) is 9.59 Å². The summed E-state index contributed by atoms with van der Waals surface area (Å²) >= 11 is 1.69. The first-order chi connectivity index (χ1) is 20.5. The molecule has 3 aromatic rings. The Balaban J connectivity index is 1.42. The number of aryl methyl sites for hydroxylation is 1. The zero-order valence-electron chi connectivity index (χ0n) is 24.8. The number of hydrogen-bond acceptors (Lipinski definition) is 8. The van der Waals surface area contributed by atoms with Crippen molar-refractivity contribution >= 4 is 29.8 Å². The Hall–Kier alpha value is -3.78. The minimum atomic E-state index is -0.444. The van der Waals surface area contributed by atoms with Gasteiger partial charge in [-0.15, -0.1) is 0 Å². The number of ether oxygens (including phenoxy) is 4. The lowest BCUT2D eigenvalue weighted by Gasteiger charge is -2.11. The molecule has 0 unspecified atom stereocenters. The molecule has 0 spiro atoms. The van der Waals surface area contributed by atoms with Crippen molar-refractivity contribution in [2.24, 2.45) is 0 Å². The van der Waals surface area contributed by atoms with E-state index in [1.807, 2.05) is 42.5 Å². The van der Waals surface area contributed by atoms with Crippen LogP contribution in [0, 0.1) is 0 Å². The highest BCUT2D eigenvalue weighted by Gasteiger charge is 2.09. The van der Waals surface area contributed by atoms with Crippen molar-refractivity contribution in [3.8, 4) is 11.5 Å². The third-order valence-electron chi connectivity index (χ3n) is 6.67. The summed E-state index contributed by atoms with van der Waals surface area (Å²) in [4.78, 5) is 28.2. The van der Waals surface area contributed by atoms with E-state index >= 15 is 0 Å². The van der Waals surface area contributed by atoms with Gasteiger partial charge in [0.2, 0.25) is 0 Å². The molecular formula is C34H41NO6S. The summed E-state index contributed by atoms with van der Waals surface area (Å²) in [6, 6.07) is 19.6. The van der Waals surface area contributed by atoms with E-state index in [-0.39, 0.29) is 5.97 Å². The summed E-state index contributed by atoms with van der Waals surface area (Å²) in [5.41, 5.74) is 4.39. The molecule has 0 N–H and O–H groups in total. The molecule has 224 valence electrons. The number of carbonyl (C=O) groups excluding carboxylic acids is 2. The monoisotopic (exact) mass is 591 g/mol. The lowest BCUT2D eigenvalue weighted by Crippen LogP contribution is -2.02. The Morgan fingerprint density at radius 1 is 0.810 bits per heavy atom. The summed E-state index contributed by atoms with van der Waals surface area (Å²) < 4.78 is 20.8. The van der Waals surface area contributed by atoms with Crippen LogP contribution in [0.2, 0.25) is 0 Å². The lowest BCUT2D eigenvalue weighted by molar-refractivity contribution is -0.134. The van der Waals surface area contributed by atoms with Crippen LogP contribution in [0.3, 0.4) is 0 Å². The van der Waals surface area contributed by atoms with E-state index < -0.39 is 5.97 Å². The maximum Gasteiger partial charge on any atom is 0.337 e. The summed E-state index contributed by atoms with van der Waals surface area (Å²) in [6.07, 6.45) is 11.0. The van der Waals surface area contributed by atoms with Crippen molar-refractivity contribution in [2.45, 2.75) is 56.5 Å². The van der Waals surface area contributed by atoms with Crippen LogP contribution in [0.15, 0.2) is 66.7 Å². The Morgan fingerprint density at radius 3 is 2.31 bits per heavy atom. The van der Waals surface area contributed by atoms with Gasteiger partial charge in [0.05, 0.1) is 39.2 Å². The number of benzene rings is 2. The maximum absolute atomic E-state index is 11.8. The molecule has 2 aromatic carbocycles. The van der Waals surface area contributed by atoms with E-state index in [2.05, 4.69) is 12.1 Å². The molecular weight excluding hydrogens is 550 g/mol. The molecule has 3 rings (SSSR count). The average molecular weight is 592 g/mol. The molecule has 8 heteroatoms. The molecule has 0 bridgehead atoms. The topological polar surface area (TPSA) is 84.0 Å². The minimum absolute atomic E-state index is 0.345. The summed E-state index contributed by atoms with van der Waals surface area (Å²) in [6.45, 7) is 0.594. The van der Waals surface area contributed by atoms with Crippen molar-refractivity contribution in [1.29, 1.82) is 0 Å². The number of unbranched alkanes of at least 4 members (excludes halogenated alkanes) is 5. The molecule has 0 radical (unpaired) electrons. The minimum Gasteiger partial charge on any atom is -0.497 e. The van der Waals surface area contributed by atoms with Crippen molar-refractivity contribution in [2.75, 3.05) is 27.9 Å². The standard InChI is InChI=1S/C34H41NO6S/c1-38-30-17-14-26(15-18-30)11-8-6-4-5-7-9-22-41-32-20-16-29(35-31(32)19-21-33(36)39-2)25-42-24-27-12-10-13-28(23-27)34(37)40-3/h10,12-21,23H,4-9,11,22,24-25H2,1-3H3/b21-19+. The highest BCUT2D eigenvalue weighted by Crippen LogP contribution is 2.24. The summed E-state index contributed by atoms with van der Waals surface area (Å²) in [7, 11) is 4.41. The fraction of sp³-hybridized carbons (Fsp3) is 0.382. The Labute approximate surface area is 253 Å². The molecule has 7 nitrogen and oxygen atoms in total. The van der Waals surface area contributed by atoms with Gasteiger partial charge in [0.25, 0.3) is 0 Å². The highest BCUT2D eigenvalue weighted by molar-refractivity contribution is 7.97. The Kier molecular flexibility index (Phi) is 14.5. The number of pyridine rings is 1. The number of hydrogen-bond donors (Lipinski definition) is 0. The number of nitrogens with zero attached hydrogens (tertiary/aromatic N) is 1. The second-order valence-corrected chi connectivity index (χ2v) is 10.8. The fourth-order valence-corrected chi connectivity index (χ4v) is 5.22. The van der Waals surface area contributed by atoms with E-state index in [0.717, 1.165) is 42.0 Å². The molecule has 0 aliphatic heterocycles. The van der Waals surface area contributed by atoms with Crippen molar-refractivity contribution < 1.29 is 28.5 Å². The van der Waals surface area contributed by atoms with E-state index in [1.54, 1.807) is 31.0 Å². The first kappa shape index (κ1) is 32.7. The number of thioether (sulfide) groups is 1. The maximum atomic E-state index is 11.8. The zero-order chi connectivity index (χ0) is 30.0. The van der Waals surface area contributed by atoms with Gasteiger partial charge in [0.1, 0.15) is 17.2 Å². The number of rotatable bonds is 18. The predicted molar refractivity (Wildman–Crippen MR) is 168 cm³/mol. The lowest BCUT2D eigenvalue weighted by atomic mass is 10.0. The van der Waals surface area contributed by atoms with Crippen LogP contribution >= 0.6 is 11.8 Å². The van der Waals surface area contributed by atoms with E-state index in [4.69, 9.17) is 23.9 Å². The average Bonchev–Trinajstić information content (AvgIpc) is 3.03. The first-order valence-corrected chi connectivity index (χ1v) is 15.4. The largest absolute Gasteiger partial charge is 0.497 e. The molecule has 0 fully saturated rings. The van der Waals surface area contributed by atoms with E-state index in [0.29, 0.717) is 29.4 Å². The number of aromatic nitrogens is 1. The van der Waals surface area contributed by atoms with Crippen LogP contribution in [-0.4, -0.2) is 44.9 Å². The van der Waals surface area contributed by atoms with Crippen LogP contribution in [-0.2, 0) is 32.2 Å². The summed E-state index contributed by atoms with van der Waals surface area (Å²) in [5.74, 6) is 2.14. The van der Waals surface area contributed by atoms with Crippen LogP contribution < -0.4 is 9.47 Å². The van der Waals surface area contributed by atoms with Gasteiger partial charge in [-0.25, -0.2) is 14.6 Å². The van der Waals surface area contributed by atoms with Crippen molar-refractivity contribution in [3.05, 3.63) is 94.8 Å². The van der Waals surface area contributed by atoms with Gasteiger partial charge < -0.3 is 18.9 Å². The van der Waals surface area contributed by atoms with Crippen LogP contribution in [0.25, 0.3) is 6.08 Å². The molecule has 0 saturated carbocycles. The number of esters is 2. The SMILES string of the molecule is COC(=O)/C=C/c1nc(CSCc2cccc(C(=O)OC)c2)ccc1OCCCCCCCCc1ccc(OC)cc1. The van der Waals surface area contributed by atoms with Gasteiger partial charge in [-0.05, 0) is 72.9 Å². The van der Waals surface area contributed by atoms with Gasteiger partial charge >= 0.3 is 11.9 Å². The van der Waals surface area contributed by atoms with Gasteiger partial charge in [0, 0.05) is 17.6 Å². The van der Waals surface area contributed by atoms with Gasteiger partial charge in [-0.2, -0.15) is 11.8 Å². The first-order valence-electron chi connectivity index (χ1n) is 14.3. The highest BCUT2D eigenvalue weighted by atomic mass is 32.2. The molecule has 0 atom stereocenters. The number of carbonyl (C=O) groups is 2.